The second-order valence-electron chi connectivity index (χ2n) is 5.14. The van der Waals surface area contributed by atoms with Crippen molar-refractivity contribution in [1.29, 1.82) is 0 Å². The van der Waals surface area contributed by atoms with Crippen molar-refractivity contribution in [3.63, 3.8) is 0 Å². The third kappa shape index (κ3) is 2.88. The third-order valence-corrected chi connectivity index (χ3v) is 4.01. The highest BCUT2D eigenvalue weighted by Crippen LogP contribution is 2.42. The number of ether oxygens (including phenoxy) is 1. The second-order valence-corrected chi connectivity index (χ2v) is 5.14. The fourth-order valence-electron chi connectivity index (χ4n) is 3.15. The summed E-state index contributed by atoms with van der Waals surface area (Å²) in [5.74, 6) is 6.33. The van der Waals surface area contributed by atoms with Gasteiger partial charge in [-0.2, -0.15) is 0 Å². The number of rotatable bonds is 5. The number of nitrogens with one attached hydrogen (secondary N) is 1. The molecule has 1 aromatic heterocycles. The summed E-state index contributed by atoms with van der Waals surface area (Å²) >= 11 is 0. The summed E-state index contributed by atoms with van der Waals surface area (Å²) in [5.41, 5.74) is 9.57. The van der Waals surface area contributed by atoms with Crippen molar-refractivity contribution >= 4 is 5.82 Å². The molecule has 5 heteroatoms. The SMILES string of the molecule is CCOC1(C(NN)c2cccnc2N)CCCCC1. The summed E-state index contributed by atoms with van der Waals surface area (Å²) in [6.07, 6.45) is 7.29. The molecule has 106 valence electrons. The molecule has 1 saturated carbocycles. The number of aromatic nitrogens is 1. The van der Waals surface area contributed by atoms with Gasteiger partial charge in [0.2, 0.25) is 0 Å². The van der Waals surface area contributed by atoms with E-state index in [4.69, 9.17) is 16.3 Å². The van der Waals surface area contributed by atoms with Crippen LogP contribution in [0, 0.1) is 0 Å². The van der Waals surface area contributed by atoms with Crippen LogP contribution in [0.4, 0.5) is 5.82 Å². The van der Waals surface area contributed by atoms with E-state index in [-0.39, 0.29) is 11.6 Å². The van der Waals surface area contributed by atoms with Crippen LogP contribution in [0.1, 0.15) is 50.6 Å². The lowest BCUT2D eigenvalue weighted by molar-refractivity contribution is -0.0912. The Balaban J connectivity index is 2.34. The average Bonchev–Trinajstić information content (AvgIpc) is 2.43. The quantitative estimate of drug-likeness (QED) is 0.558. The molecular weight excluding hydrogens is 240 g/mol. The largest absolute Gasteiger partial charge is 0.383 e. The Labute approximate surface area is 114 Å². The molecule has 2 rings (SSSR count). The van der Waals surface area contributed by atoms with E-state index in [2.05, 4.69) is 10.4 Å². The molecule has 0 bridgehead atoms. The van der Waals surface area contributed by atoms with Crippen molar-refractivity contribution in [2.24, 2.45) is 5.84 Å². The molecule has 1 fully saturated rings. The van der Waals surface area contributed by atoms with Gasteiger partial charge in [-0.3, -0.25) is 5.84 Å². The molecule has 1 aliphatic carbocycles. The van der Waals surface area contributed by atoms with Crippen LogP contribution in [0.3, 0.4) is 0 Å². The van der Waals surface area contributed by atoms with E-state index in [1.165, 1.54) is 19.3 Å². The zero-order valence-electron chi connectivity index (χ0n) is 11.6. The second kappa shape index (κ2) is 6.32. The lowest BCUT2D eigenvalue weighted by atomic mass is 9.77. The number of nitrogens with zero attached hydrogens (tertiary/aromatic N) is 1. The van der Waals surface area contributed by atoms with Gasteiger partial charge < -0.3 is 10.5 Å². The van der Waals surface area contributed by atoms with Crippen LogP contribution in [0.15, 0.2) is 18.3 Å². The zero-order valence-corrected chi connectivity index (χ0v) is 11.6. The molecular formula is C14H24N4O. The Morgan fingerprint density at radius 3 is 2.74 bits per heavy atom. The van der Waals surface area contributed by atoms with E-state index in [0.29, 0.717) is 12.4 Å². The molecule has 0 amide bonds. The van der Waals surface area contributed by atoms with E-state index in [9.17, 15) is 0 Å². The summed E-state index contributed by atoms with van der Waals surface area (Å²) in [4.78, 5) is 4.16. The summed E-state index contributed by atoms with van der Waals surface area (Å²) in [5, 5.41) is 0. The molecule has 1 unspecified atom stereocenters. The highest BCUT2D eigenvalue weighted by atomic mass is 16.5. The first-order valence-corrected chi connectivity index (χ1v) is 7.04. The van der Waals surface area contributed by atoms with Crippen LogP contribution in [0.2, 0.25) is 0 Å². The van der Waals surface area contributed by atoms with Gasteiger partial charge >= 0.3 is 0 Å². The Kier molecular flexibility index (Phi) is 4.74. The minimum atomic E-state index is -0.265. The molecule has 0 saturated heterocycles. The van der Waals surface area contributed by atoms with Crippen molar-refractivity contribution in [1.82, 2.24) is 10.4 Å². The Hall–Kier alpha value is -1.17. The average molecular weight is 264 g/mol. The summed E-state index contributed by atoms with van der Waals surface area (Å²) < 4.78 is 6.11. The monoisotopic (exact) mass is 264 g/mol. The van der Waals surface area contributed by atoms with Gasteiger partial charge in [0.15, 0.2) is 0 Å². The number of nitrogen functional groups attached to an aromatic ring is 1. The van der Waals surface area contributed by atoms with Crippen LogP contribution in [-0.2, 0) is 4.74 Å². The number of anilines is 1. The summed E-state index contributed by atoms with van der Waals surface area (Å²) in [6, 6.07) is 3.75. The van der Waals surface area contributed by atoms with Crippen LogP contribution < -0.4 is 17.0 Å². The van der Waals surface area contributed by atoms with Crippen LogP contribution >= 0.6 is 0 Å². The van der Waals surface area contributed by atoms with Crippen molar-refractivity contribution in [2.75, 3.05) is 12.3 Å². The standard InChI is InChI=1S/C14H24N4O/c1-2-19-14(8-4-3-5-9-14)12(18-16)11-7-6-10-17-13(11)15/h6-7,10,12,18H,2-5,8-9,16H2,1H3,(H2,15,17). The van der Waals surface area contributed by atoms with Crippen LogP contribution in [0.5, 0.6) is 0 Å². The molecule has 1 atom stereocenters. The van der Waals surface area contributed by atoms with Crippen molar-refractivity contribution < 1.29 is 4.74 Å². The van der Waals surface area contributed by atoms with Gasteiger partial charge in [-0.25, -0.2) is 10.4 Å². The summed E-state index contributed by atoms with van der Waals surface area (Å²) in [7, 11) is 0. The molecule has 1 aliphatic rings. The van der Waals surface area contributed by atoms with Gasteiger partial charge in [-0.1, -0.05) is 25.3 Å². The molecule has 19 heavy (non-hydrogen) atoms. The first kappa shape index (κ1) is 14.2. The minimum absolute atomic E-state index is 0.110. The number of hydrazine groups is 1. The van der Waals surface area contributed by atoms with E-state index < -0.39 is 0 Å². The molecule has 5 nitrogen and oxygen atoms in total. The highest BCUT2D eigenvalue weighted by Gasteiger charge is 2.42. The van der Waals surface area contributed by atoms with Gasteiger partial charge in [0.05, 0.1) is 11.6 Å². The fourth-order valence-corrected chi connectivity index (χ4v) is 3.15. The van der Waals surface area contributed by atoms with Crippen molar-refractivity contribution in [3.8, 4) is 0 Å². The maximum atomic E-state index is 6.11. The van der Waals surface area contributed by atoms with Gasteiger partial charge in [0.1, 0.15) is 5.82 Å². The highest BCUT2D eigenvalue weighted by molar-refractivity contribution is 5.42. The minimum Gasteiger partial charge on any atom is -0.383 e. The first-order chi connectivity index (χ1) is 9.23. The fraction of sp³-hybridized carbons (Fsp3) is 0.643. The Bertz CT molecular complexity index is 399. The van der Waals surface area contributed by atoms with Gasteiger partial charge in [0, 0.05) is 18.4 Å². The van der Waals surface area contributed by atoms with Crippen LogP contribution in [0.25, 0.3) is 0 Å². The predicted octanol–water partition coefficient (Wildman–Crippen LogP) is 1.91. The van der Waals surface area contributed by atoms with Gasteiger partial charge in [0.25, 0.3) is 0 Å². The number of hydrogen-bond acceptors (Lipinski definition) is 5. The first-order valence-electron chi connectivity index (χ1n) is 7.04. The summed E-state index contributed by atoms with van der Waals surface area (Å²) in [6.45, 7) is 2.70. The Morgan fingerprint density at radius 1 is 1.42 bits per heavy atom. The third-order valence-electron chi connectivity index (χ3n) is 4.01. The van der Waals surface area contributed by atoms with Gasteiger partial charge in [-0.15, -0.1) is 0 Å². The van der Waals surface area contributed by atoms with Crippen molar-refractivity contribution in [3.05, 3.63) is 23.9 Å². The molecule has 5 N–H and O–H groups in total. The van der Waals surface area contributed by atoms with Crippen molar-refractivity contribution in [2.45, 2.75) is 50.7 Å². The van der Waals surface area contributed by atoms with Gasteiger partial charge in [-0.05, 0) is 25.8 Å². The normalized spacial score (nSPS) is 20.1. The molecule has 1 heterocycles. The van der Waals surface area contributed by atoms with E-state index in [0.717, 1.165) is 18.4 Å². The van der Waals surface area contributed by atoms with E-state index in [1.54, 1.807) is 6.20 Å². The number of nitrogens with two attached hydrogens (primary N) is 2. The lowest BCUT2D eigenvalue weighted by Crippen LogP contribution is -2.50. The maximum Gasteiger partial charge on any atom is 0.128 e. The Morgan fingerprint density at radius 2 is 2.16 bits per heavy atom. The molecule has 1 aromatic rings. The molecule has 0 aromatic carbocycles. The predicted molar refractivity (Wildman–Crippen MR) is 76.2 cm³/mol. The lowest BCUT2D eigenvalue weighted by Gasteiger charge is -2.43. The molecule has 0 aliphatic heterocycles. The molecule has 0 spiro atoms. The number of hydrogen-bond donors (Lipinski definition) is 3. The topological polar surface area (TPSA) is 86.2 Å². The zero-order chi connectivity index (χ0) is 13.7. The smallest absolute Gasteiger partial charge is 0.128 e. The maximum absolute atomic E-state index is 6.11. The number of pyridine rings is 1. The molecule has 0 radical (unpaired) electrons. The van der Waals surface area contributed by atoms with Crippen LogP contribution in [-0.4, -0.2) is 17.2 Å². The van der Waals surface area contributed by atoms with E-state index >= 15 is 0 Å². The van der Waals surface area contributed by atoms with E-state index in [1.807, 2.05) is 19.1 Å².